The second-order valence-electron chi connectivity index (χ2n) is 5.09. The summed E-state index contributed by atoms with van der Waals surface area (Å²) in [5.41, 5.74) is 3.27. The molecule has 0 saturated carbocycles. The predicted molar refractivity (Wildman–Crippen MR) is 86.1 cm³/mol. The van der Waals surface area contributed by atoms with Crippen LogP contribution >= 0.6 is 11.3 Å². The fourth-order valence-electron chi connectivity index (χ4n) is 1.82. The van der Waals surface area contributed by atoms with Crippen LogP contribution in [0.15, 0.2) is 41.6 Å². The summed E-state index contributed by atoms with van der Waals surface area (Å²) >= 11 is 1.68. The maximum atomic E-state index is 5.85. The molecule has 2 aromatic rings. The summed E-state index contributed by atoms with van der Waals surface area (Å²) in [5, 5.41) is 4.20. The lowest BCUT2D eigenvalue weighted by Gasteiger charge is -2.13. The molecule has 1 aromatic carbocycles. The van der Waals surface area contributed by atoms with E-state index in [4.69, 9.17) is 9.47 Å². The molecule has 1 aromatic heterocycles. The van der Waals surface area contributed by atoms with Gasteiger partial charge < -0.3 is 9.47 Å². The number of rotatable bonds is 6. The van der Waals surface area contributed by atoms with Crippen LogP contribution in [-0.4, -0.2) is 13.7 Å². The van der Waals surface area contributed by atoms with Crippen LogP contribution in [0.2, 0.25) is 0 Å². The van der Waals surface area contributed by atoms with E-state index in [1.807, 2.05) is 6.07 Å². The van der Waals surface area contributed by atoms with E-state index in [-0.39, 0.29) is 0 Å². The van der Waals surface area contributed by atoms with Crippen LogP contribution in [0, 0.1) is 5.92 Å². The first-order chi connectivity index (χ1) is 9.60. The Bertz CT molecular complexity index is 571. The van der Waals surface area contributed by atoms with E-state index < -0.39 is 0 Å². The van der Waals surface area contributed by atoms with Crippen molar-refractivity contribution in [2.45, 2.75) is 13.8 Å². The van der Waals surface area contributed by atoms with Gasteiger partial charge in [-0.15, -0.1) is 0 Å². The van der Waals surface area contributed by atoms with Gasteiger partial charge in [0.2, 0.25) is 0 Å². The molecule has 0 unspecified atom stereocenters. The van der Waals surface area contributed by atoms with Crippen molar-refractivity contribution in [2.24, 2.45) is 5.92 Å². The quantitative estimate of drug-likeness (QED) is 0.691. The molecule has 2 nitrogen and oxygen atoms in total. The van der Waals surface area contributed by atoms with Crippen molar-refractivity contribution >= 4 is 17.1 Å². The maximum Gasteiger partial charge on any atom is 0.120 e. The van der Waals surface area contributed by atoms with Gasteiger partial charge in [0.1, 0.15) is 11.5 Å². The van der Waals surface area contributed by atoms with Gasteiger partial charge in [-0.2, -0.15) is 11.3 Å². The molecule has 0 saturated heterocycles. The third kappa shape index (κ3) is 3.64. The monoisotopic (exact) mass is 288 g/mol. The third-order valence-electron chi connectivity index (χ3n) is 2.91. The van der Waals surface area contributed by atoms with Crippen LogP contribution in [0.3, 0.4) is 0 Å². The highest BCUT2D eigenvalue weighted by Crippen LogP contribution is 2.30. The Hall–Kier alpha value is -1.74. The summed E-state index contributed by atoms with van der Waals surface area (Å²) in [6, 6.07) is 8.22. The first-order valence-electron chi connectivity index (χ1n) is 6.64. The number of hydrogen-bond donors (Lipinski definition) is 0. The predicted octanol–water partition coefficient (Wildman–Crippen LogP) is 5.07. The second-order valence-corrected chi connectivity index (χ2v) is 5.87. The second kappa shape index (κ2) is 6.62. The van der Waals surface area contributed by atoms with E-state index in [0.717, 1.165) is 16.9 Å². The molecule has 3 heteroatoms. The molecular formula is C17H20O2S. The largest absolute Gasteiger partial charge is 0.497 e. The molecule has 0 aliphatic carbocycles. The molecule has 0 aliphatic heterocycles. The lowest BCUT2D eigenvalue weighted by atomic mass is 10.0. The van der Waals surface area contributed by atoms with Crippen LogP contribution in [0.25, 0.3) is 16.9 Å². The van der Waals surface area contributed by atoms with Crippen molar-refractivity contribution in [3.05, 3.63) is 47.2 Å². The number of hydrogen-bond acceptors (Lipinski definition) is 3. The van der Waals surface area contributed by atoms with Crippen LogP contribution < -0.4 is 4.74 Å². The van der Waals surface area contributed by atoms with Crippen molar-refractivity contribution < 1.29 is 9.47 Å². The van der Waals surface area contributed by atoms with Gasteiger partial charge in [-0.05, 0) is 52.1 Å². The van der Waals surface area contributed by atoms with Crippen LogP contribution in [0.1, 0.15) is 19.4 Å². The summed E-state index contributed by atoms with van der Waals surface area (Å²) in [5.74, 6) is 2.00. The van der Waals surface area contributed by atoms with Gasteiger partial charge in [0.05, 0.1) is 13.7 Å². The van der Waals surface area contributed by atoms with E-state index >= 15 is 0 Å². The van der Waals surface area contributed by atoms with E-state index in [2.05, 4.69) is 49.4 Å². The average Bonchev–Trinajstić information content (AvgIpc) is 2.98. The Kier molecular flexibility index (Phi) is 4.85. The van der Waals surface area contributed by atoms with E-state index in [1.165, 1.54) is 5.56 Å². The summed E-state index contributed by atoms with van der Waals surface area (Å²) in [4.78, 5) is 0. The minimum Gasteiger partial charge on any atom is -0.497 e. The Morgan fingerprint density at radius 3 is 2.65 bits per heavy atom. The number of methoxy groups -OCH3 is 1. The van der Waals surface area contributed by atoms with Crippen LogP contribution in [-0.2, 0) is 4.74 Å². The normalized spacial score (nSPS) is 10.6. The lowest BCUT2D eigenvalue weighted by molar-refractivity contribution is 0.271. The molecule has 0 N–H and O–H groups in total. The molecule has 20 heavy (non-hydrogen) atoms. The highest BCUT2D eigenvalue weighted by molar-refractivity contribution is 7.08. The van der Waals surface area contributed by atoms with Gasteiger partial charge in [-0.1, -0.05) is 20.4 Å². The van der Waals surface area contributed by atoms with Crippen LogP contribution in [0.5, 0.6) is 5.75 Å². The molecule has 106 valence electrons. The van der Waals surface area contributed by atoms with Crippen LogP contribution in [0.4, 0.5) is 0 Å². The molecule has 0 aliphatic rings. The highest BCUT2D eigenvalue weighted by Gasteiger charge is 2.08. The maximum absolute atomic E-state index is 5.85. The standard InChI is InChI=1S/C17H20O2S/c1-12(2)10-19-17-8-15(13(3)18-4)7-16(9-17)14-5-6-20-11-14/h5-9,11-12H,3,10H2,1-2,4H3. The summed E-state index contributed by atoms with van der Waals surface area (Å²) in [6.45, 7) is 8.90. The van der Waals surface area contributed by atoms with Crippen molar-refractivity contribution in [1.29, 1.82) is 0 Å². The Morgan fingerprint density at radius 1 is 1.25 bits per heavy atom. The van der Waals surface area contributed by atoms with Crippen molar-refractivity contribution in [3.8, 4) is 16.9 Å². The zero-order valence-electron chi connectivity index (χ0n) is 12.2. The SMILES string of the molecule is C=C(OC)c1cc(OCC(C)C)cc(-c2ccsc2)c1. The van der Waals surface area contributed by atoms with E-state index in [1.54, 1.807) is 18.4 Å². The zero-order chi connectivity index (χ0) is 14.5. The van der Waals surface area contributed by atoms with Gasteiger partial charge in [-0.3, -0.25) is 0 Å². The van der Waals surface area contributed by atoms with Crippen molar-refractivity contribution in [3.63, 3.8) is 0 Å². The average molecular weight is 288 g/mol. The lowest BCUT2D eigenvalue weighted by Crippen LogP contribution is -2.05. The van der Waals surface area contributed by atoms with Gasteiger partial charge in [0, 0.05) is 5.56 Å². The molecular weight excluding hydrogens is 268 g/mol. The number of benzene rings is 1. The highest BCUT2D eigenvalue weighted by atomic mass is 32.1. The van der Waals surface area contributed by atoms with E-state index in [9.17, 15) is 0 Å². The molecule has 1 heterocycles. The molecule has 2 rings (SSSR count). The first-order valence-corrected chi connectivity index (χ1v) is 7.58. The van der Waals surface area contributed by atoms with Gasteiger partial charge in [0.25, 0.3) is 0 Å². The third-order valence-corrected chi connectivity index (χ3v) is 3.60. The minimum absolute atomic E-state index is 0.494. The van der Waals surface area contributed by atoms with E-state index in [0.29, 0.717) is 18.3 Å². The molecule has 0 spiro atoms. The number of ether oxygens (including phenoxy) is 2. The van der Waals surface area contributed by atoms with Gasteiger partial charge >= 0.3 is 0 Å². The molecule has 0 fully saturated rings. The molecule has 0 amide bonds. The smallest absolute Gasteiger partial charge is 0.120 e. The zero-order valence-corrected chi connectivity index (χ0v) is 13.0. The summed E-state index contributed by atoms with van der Waals surface area (Å²) in [6.07, 6.45) is 0. The molecule has 0 radical (unpaired) electrons. The van der Waals surface area contributed by atoms with Crippen molar-refractivity contribution in [1.82, 2.24) is 0 Å². The Balaban J connectivity index is 2.36. The fourth-order valence-corrected chi connectivity index (χ4v) is 2.48. The number of thiophene rings is 1. The summed E-state index contributed by atoms with van der Waals surface area (Å²) in [7, 11) is 1.63. The first kappa shape index (κ1) is 14.7. The summed E-state index contributed by atoms with van der Waals surface area (Å²) < 4.78 is 11.1. The topological polar surface area (TPSA) is 18.5 Å². The molecule has 0 atom stereocenters. The Labute approximate surface area is 124 Å². The minimum atomic E-state index is 0.494. The van der Waals surface area contributed by atoms with Gasteiger partial charge in [-0.25, -0.2) is 0 Å². The van der Waals surface area contributed by atoms with Gasteiger partial charge in [0.15, 0.2) is 0 Å². The Morgan fingerprint density at radius 2 is 2.05 bits per heavy atom. The molecule has 0 bridgehead atoms. The van der Waals surface area contributed by atoms with Crippen molar-refractivity contribution in [2.75, 3.05) is 13.7 Å². The fraction of sp³-hybridized carbons (Fsp3) is 0.294.